The van der Waals surface area contributed by atoms with E-state index in [9.17, 15) is 9.59 Å². The SMILES string of the molecule is CC(C)c1ccc(OCC(=O)N2C(=O)OCC2Cc2ccccc2)cc1. The van der Waals surface area contributed by atoms with Gasteiger partial charge in [0.05, 0.1) is 6.04 Å². The lowest BCUT2D eigenvalue weighted by Gasteiger charge is -2.20. The summed E-state index contributed by atoms with van der Waals surface area (Å²) in [6.45, 7) is 4.25. The molecule has 26 heavy (non-hydrogen) atoms. The Kier molecular flexibility index (Phi) is 5.56. The Balaban J connectivity index is 1.60. The summed E-state index contributed by atoms with van der Waals surface area (Å²) in [6.07, 6.45) is -0.0313. The van der Waals surface area contributed by atoms with Gasteiger partial charge in [0.2, 0.25) is 0 Å². The number of rotatable bonds is 6. The van der Waals surface area contributed by atoms with Crippen LogP contribution in [-0.4, -0.2) is 36.2 Å². The summed E-state index contributed by atoms with van der Waals surface area (Å²) in [7, 11) is 0. The molecular formula is C21H23NO4. The Morgan fingerprint density at radius 3 is 2.50 bits per heavy atom. The van der Waals surface area contributed by atoms with E-state index < -0.39 is 6.09 Å². The molecule has 2 aromatic carbocycles. The number of hydrogen-bond donors (Lipinski definition) is 0. The van der Waals surface area contributed by atoms with Crippen LogP contribution < -0.4 is 4.74 Å². The topological polar surface area (TPSA) is 55.8 Å². The van der Waals surface area contributed by atoms with Gasteiger partial charge in [-0.3, -0.25) is 4.79 Å². The maximum absolute atomic E-state index is 12.5. The summed E-state index contributed by atoms with van der Waals surface area (Å²) < 4.78 is 10.6. The molecule has 1 saturated heterocycles. The maximum atomic E-state index is 12.5. The molecule has 1 aliphatic rings. The number of carbonyl (C=O) groups excluding carboxylic acids is 2. The van der Waals surface area contributed by atoms with Crippen LogP contribution in [0.2, 0.25) is 0 Å². The van der Waals surface area contributed by atoms with Gasteiger partial charge >= 0.3 is 6.09 Å². The number of benzene rings is 2. The van der Waals surface area contributed by atoms with Crippen molar-refractivity contribution in [2.75, 3.05) is 13.2 Å². The number of imide groups is 1. The van der Waals surface area contributed by atoms with Crippen LogP contribution in [0.5, 0.6) is 5.75 Å². The highest BCUT2D eigenvalue weighted by Crippen LogP contribution is 2.20. The van der Waals surface area contributed by atoms with Crippen molar-refractivity contribution in [3.05, 3.63) is 65.7 Å². The molecule has 0 radical (unpaired) electrons. The van der Waals surface area contributed by atoms with E-state index in [2.05, 4.69) is 13.8 Å². The molecule has 2 aromatic rings. The molecule has 0 aliphatic carbocycles. The van der Waals surface area contributed by atoms with E-state index in [0.717, 1.165) is 5.56 Å². The van der Waals surface area contributed by atoms with E-state index in [1.807, 2.05) is 54.6 Å². The van der Waals surface area contributed by atoms with Gasteiger partial charge < -0.3 is 9.47 Å². The van der Waals surface area contributed by atoms with Gasteiger partial charge in [-0.25, -0.2) is 9.69 Å². The lowest BCUT2D eigenvalue weighted by molar-refractivity contribution is -0.131. The number of carbonyl (C=O) groups is 2. The smallest absolute Gasteiger partial charge is 0.417 e. The van der Waals surface area contributed by atoms with Crippen molar-refractivity contribution in [2.45, 2.75) is 32.2 Å². The van der Waals surface area contributed by atoms with Crippen LogP contribution >= 0.6 is 0 Å². The highest BCUT2D eigenvalue weighted by atomic mass is 16.6. The highest BCUT2D eigenvalue weighted by Gasteiger charge is 2.37. The first-order chi connectivity index (χ1) is 12.5. The van der Waals surface area contributed by atoms with Crippen LogP contribution in [0.15, 0.2) is 54.6 Å². The summed E-state index contributed by atoms with van der Waals surface area (Å²) in [6, 6.07) is 17.1. The number of hydrogen-bond acceptors (Lipinski definition) is 4. The standard InChI is InChI=1S/C21H23NO4/c1-15(2)17-8-10-19(11-9-17)25-14-20(23)22-18(13-26-21(22)24)12-16-6-4-3-5-7-16/h3-11,15,18H,12-14H2,1-2H3. The minimum atomic E-state index is -0.602. The van der Waals surface area contributed by atoms with Gasteiger partial charge in [-0.05, 0) is 35.6 Å². The van der Waals surface area contributed by atoms with Gasteiger partial charge in [-0.2, -0.15) is 0 Å². The predicted octanol–water partition coefficient (Wildman–Crippen LogP) is 3.78. The average molecular weight is 353 g/mol. The van der Waals surface area contributed by atoms with E-state index in [0.29, 0.717) is 18.1 Å². The van der Waals surface area contributed by atoms with E-state index in [1.165, 1.54) is 10.5 Å². The predicted molar refractivity (Wildman–Crippen MR) is 98.2 cm³/mol. The molecular weight excluding hydrogens is 330 g/mol. The number of nitrogens with zero attached hydrogens (tertiary/aromatic N) is 1. The van der Waals surface area contributed by atoms with Crippen molar-refractivity contribution in [3.8, 4) is 5.75 Å². The molecule has 0 aromatic heterocycles. The normalized spacial score (nSPS) is 16.7. The van der Waals surface area contributed by atoms with Crippen molar-refractivity contribution in [3.63, 3.8) is 0 Å². The lowest BCUT2D eigenvalue weighted by Crippen LogP contribution is -2.42. The Morgan fingerprint density at radius 1 is 1.15 bits per heavy atom. The fraction of sp³-hybridized carbons (Fsp3) is 0.333. The van der Waals surface area contributed by atoms with Gasteiger partial charge in [0.25, 0.3) is 5.91 Å². The first-order valence-electron chi connectivity index (χ1n) is 8.80. The molecule has 5 heteroatoms. The Bertz CT molecular complexity index is 755. The van der Waals surface area contributed by atoms with Crippen molar-refractivity contribution >= 4 is 12.0 Å². The average Bonchev–Trinajstić information content (AvgIpc) is 3.01. The molecule has 0 saturated carbocycles. The van der Waals surface area contributed by atoms with Crippen molar-refractivity contribution in [2.24, 2.45) is 0 Å². The number of cyclic esters (lactones) is 1. The van der Waals surface area contributed by atoms with Crippen LogP contribution in [0.3, 0.4) is 0 Å². The van der Waals surface area contributed by atoms with Crippen molar-refractivity contribution in [1.29, 1.82) is 0 Å². The second-order valence-electron chi connectivity index (χ2n) is 6.70. The molecule has 3 rings (SSSR count). The minimum Gasteiger partial charge on any atom is -0.484 e. The molecule has 1 heterocycles. The van der Waals surface area contributed by atoms with Crippen LogP contribution in [-0.2, 0) is 16.0 Å². The molecule has 0 bridgehead atoms. The van der Waals surface area contributed by atoms with Crippen molar-refractivity contribution < 1.29 is 19.1 Å². The molecule has 0 spiro atoms. The van der Waals surface area contributed by atoms with Gasteiger partial charge in [0.15, 0.2) is 6.61 Å². The summed E-state index contributed by atoms with van der Waals surface area (Å²) in [5, 5.41) is 0. The second kappa shape index (κ2) is 8.04. The Hall–Kier alpha value is -2.82. The maximum Gasteiger partial charge on any atom is 0.417 e. The zero-order valence-corrected chi connectivity index (χ0v) is 15.1. The van der Waals surface area contributed by atoms with Gasteiger partial charge in [0, 0.05) is 0 Å². The quantitative estimate of drug-likeness (QED) is 0.793. The molecule has 1 unspecified atom stereocenters. The zero-order valence-electron chi connectivity index (χ0n) is 15.1. The monoisotopic (exact) mass is 353 g/mol. The first kappa shape index (κ1) is 18.0. The Labute approximate surface area is 153 Å². The summed E-state index contributed by atoms with van der Waals surface area (Å²) in [4.78, 5) is 25.7. The zero-order chi connectivity index (χ0) is 18.5. The van der Waals surface area contributed by atoms with Gasteiger partial charge in [-0.15, -0.1) is 0 Å². The minimum absolute atomic E-state index is 0.193. The van der Waals surface area contributed by atoms with Crippen LogP contribution in [0.1, 0.15) is 30.9 Å². The molecule has 1 atom stereocenters. The third-order valence-electron chi connectivity index (χ3n) is 4.45. The van der Waals surface area contributed by atoms with Gasteiger partial charge in [0.1, 0.15) is 12.4 Å². The second-order valence-corrected chi connectivity index (χ2v) is 6.70. The molecule has 136 valence electrons. The molecule has 1 fully saturated rings. The summed E-state index contributed by atoms with van der Waals surface area (Å²) >= 11 is 0. The first-order valence-corrected chi connectivity index (χ1v) is 8.80. The van der Waals surface area contributed by atoms with E-state index in [4.69, 9.17) is 9.47 Å². The number of amides is 2. The van der Waals surface area contributed by atoms with E-state index >= 15 is 0 Å². The molecule has 2 amide bonds. The summed E-state index contributed by atoms with van der Waals surface area (Å²) in [5.74, 6) is 0.653. The third-order valence-corrected chi connectivity index (χ3v) is 4.45. The fourth-order valence-electron chi connectivity index (χ4n) is 2.97. The molecule has 1 aliphatic heterocycles. The summed E-state index contributed by atoms with van der Waals surface area (Å²) in [5.41, 5.74) is 2.26. The van der Waals surface area contributed by atoms with Crippen LogP contribution in [0, 0.1) is 0 Å². The lowest BCUT2D eigenvalue weighted by atomic mass is 10.0. The van der Waals surface area contributed by atoms with Crippen LogP contribution in [0.4, 0.5) is 4.79 Å². The fourth-order valence-corrected chi connectivity index (χ4v) is 2.97. The van der Waals surface area contributed by atoms with E-state index in [-0.39, 0.29) is 25.2 Å². The van der Waals surface area contributed by atoms with Gasteiger partial charge in [-0.1, -0.05) is 56.3 Å². The molecule has 5 nitrogen and oxygen atoms in total. The largest absolute Gasteiger partial charge is 0.484 e. The molecule has 0 N–H and O–H groups in total. The van der Waals surface area contributed by atoms with E-state index in [1.54, 1.807) is 0 Å². The van der Waals surface area contributed by atoms with Crippen LogP contribution in [0.25, 0.3) is 0 Å². The number of ether oxygens (including phenoxy) is 2. The third kappa shape index (κ3) is 4.23. The van der Waals surface area contributed by atoms with Crippen molar-refractivity contribution in [1.82, 2.24) is 4.90 Å². The highest BCUT2D eigenvalue weighted by molar-refractivity contribution is 5.94. The Morgan fingerprint density at radius 2 is 1.85 bits per heavy atom.